The van der Waals surface area contributed by atoms with Gasteiger partial charge in [-0.15, -0.1) is 11.3 Å². The highest BCUT2D eigenvalue weighted by molar-refractivity contribution is 7.17. The molecule has 7 heteroatoms. The van der Waals surface area contributed by atoms with E-state index >= 15 is 0 Å². The summed E-state index contributed by atoms with van der Waals surface area (Å²) >= 11 is 1.41. The van der Waals surface area contributed by atoms with Gasteiger partial charge in [-0.1, -0.05) is 19.1 Å². The second-order valence-corrected chi connectivity index (χ2v) is 7.28. The van der Waals surface area contributed by atoms with Crippen molar-refractivity contribution in [3.05, 3.63) is 46.3 Å². The van der Waals surface area contributed by atoms with Gasteiger partial charge in [0.1, 0.15) is 17.1 Å². The highest BCUT2D eigenvalue weighted by atomic mass is 32.1. The molecule has 0 spiro atoms. The number of rotatable bonds is 7. The van der Waals surface area contributed by atoms with Gasteiger partial charge in [0.2, 0.25) is 0 Å². The lowest BCUT2D eigenvalue weighted by Gasteiger charge is -2.09. The molecular formula is C20H22N2O4S. The van der Waals surface area contributed by atoms with Crippen molar-refractivity contribution in [1.29, 1.82) is 0 Å². The molecule has 0 aliphatic rings. The Kier molecular flexibility index (Phi) is 5.91. The summed E-state index contributed by atoms with van der Waals surface area (Å²) in [5, 5.41) is 2.43. The van der Waals surface area contributed by atoms with E-state index in [-0.39, 0.29) is 18.2 Å². The number of aromatic nitrogens is 2. The van der Waals surface area contributed by atoms with Crippen LogP contribution in [-0.2, 0) is 16.1 Å². The number of hydrogen-bond acceptors (Lipinski definition) is 6. The smallest absolute Gasteiger partial charge is 0.326 e. The van der Waals surface area contributed by atoms with Crippen LogP contribution in [0.4, 0.5) is 0 Å². The molecule has 3 aromatic rings. The lowest BCUT2D eigenvalue weighted by molar-refractivity contribution is -0.148. The van der Waals surface area contributed by atoms with E-state index in [1.807, 2.05) is 29.6 Å². The van der Waals surface area contributed by atoms with Crippen LogP contribution >= 0.6 is 11.3 Å². The number of esters is 1. The Morgan fingerprint density at radius 3 is 2.67 bits per heavy atom. The first kappa shape index (κ1) is 19.1. The molecule has 27 heavy (non-hydrogen) atoms. The summed E-state index contributed by atoms with van der Waals surface area (Å²) in [4.78, 5) is 29.8. The quantitative estimate of drug-likeness (QED) is 0.577. The number of thiophene rings is 1. The van der Waals surface area contributed by atoms with E-state index in [9.17, 15) is 9.59 Å². The van der Waals surface area contributed by atoms with Crippen molar-refractivity contribution >= 4 is 27.5 Å². The molecule has 0 saturated carbocycles. The minimum Gasteiger partial charge on any atom is -0.494 e. The van der Waals surface area contributed by atoms with Crippen molar-refractivity contribution in [3.63, 3.8) is 0 Å². The molecule has 6 nitrogen and oxygen atoms in total. The number of fused-ring (bicyclic) bond motifs is 1. The number of carbonyl (C=O) groups is 1. The van der Waals surface area contributed by atoms with Crippen LogP contribution in [0.1, 0.15) is 27.2 Å². The second-order valence-electron chi connectivity index (χ2n) is 6.42. The first-order chi connectivity index (χ1) is 13.0. The first-order valence-electron chi connectivity index (χ1n) is 8.89. The molecule has 3 rings (SSSR count). The lowest BCUT2D eigenvalue weighted by atomic mass is 10.1. The molecular weight excluding hydrogens is 364 g/mol. The van der Waals surface area contributed by atoms with E-state index < -0.39 is 5.97 Å². The molecule has 142 valence electrons. The van der Waals surface area contributed by atoms with Gasteiger partial charge in [0, 0.05) is 10.9 Å². The molecule has 0 bridgehead atoms. The fourth-order valence-corrected chi connectivity index (χ4v) is 3.59. The third-order valence-electron chi connectivity index (χ3n) is 3.87. The van der Waals surface area contributed by atoms with Gasteiger partial charge in [0.15, 0.2) is 0 Å². The third-order valence-corrected chi connectivity index (χ3v) is 4.75. The van der Waals surface area contributed by atoms with E-state index in [1.54, 1.807) is 13.8 Å². The molecule has 0 aliphatic carbocycles. The van der Waals surface area contributed by atoms with Crippen LogP contribution in [0.2, 0.25) is 0 Å². The Bertz CT molecular complexity index is 989. The highest BCUT2D eigenvalue weighted by Gasteiger charge is 2.15. The normalized spacial score (nSPS) is 11.1. The molecule has 0 N–H and O–H groups in total. The molecule has 0 unspecified atom stereocenters. The fourth-order valence-electron chi connectivity index (χ4n) is 2.68. The monoisotopic (exact) mass is 386 g/mol. The summed E-state index contributed by atoms with van der Waals surface area (Å²) in [6, 6.07) is 7.64. The van der Waals surface area contributed by atoms with Gasteiger partial charge in [-0.05, 0) is 38.0 Å². The van der Waals surface area contributed by atoms with Crippen LogP contribution in [0.25, 0.3) is 21.3 Å². The largest absolute Gasteiger partial charge is 0.494 e. The Morgan fingerprint density at radius 2 is 2.00 bits per heavy atom. The summed E-state index contributed by atoms with van der Waals surface area (Å²) in [6.45, 7) is 6.11. The van der Waals surface area contributed by atoms with Gasteiger partial charge in [-0.25, -0.2) is 4.98 Å². The molecule has 0 aliphatic heterocycles. The number of hydrogen-bond donors (Lipinski definition) is 0. The number of nitrogens with zero attached hydrogens (tertiary/aromatic N) is 2. The molecule has 2 aromatic heterocycles. The van der Waals surface area contributed by atoms with Crippen LogP contribution in [-0.4, -0.2) is 28.2 Å². The zero-order valence-corrected chi connectivity index (χ0v) is 16.4. The van der Waals surface area contributed by atoms with Gasteiger partial charge >= 0.3 is 5.97 Å². The minimum absolute atomic E-state index is 0.154. The average molecular weight is 386 g/mol. The Hall–Kier alpha value is -2.67. The lowest BCUT2D eigenvalue weighted by Crippen LogP contribution is -2.26. The third kappa shape index (κ3) is 4.36. The molecule has 2 heterocycles. The fraction of sp³-hybridized carbons (Fsp3) is 0.350. The Balaban J connectivity index is 1.94. The standard InChI is InChI=1S/C20H22N2O4S/c1-4-9-25-15-7-5-14(6-8-15)16-11-27-19-18(16)20(24)22(12-21-19)10-17(23)26-13(2)3/h5-8,11-13H,4,9-10H2,1-3H3. The molecule has 1 aromatic carbocycles. The van der Waals surface area contributed by atoms with Crippen LogP contribution in [0.5, 0.6) is 5.75 Å². The van der Waals surface area contributed by atoms with Gasteiger partial charge in [0.05, 0.1) is 24.4 Å². The zero-order chi connectivity index (χ0) is 19.4. The minimum atomic E-state index is -0.456. The van der Waals surface area contributed by atoms with Crippen molar-refractivity contribution in [2.45, 2.75) is 39.8 Å². The van der Waals surface area contributed by atoms with E-state index in [0.29, 0.717) is 16.8 Å². The number of benzene rings is 1. The number of carbonyl (C=O) groups excluding carboxylic acids is 1. The molecule has 0 amide bonds. The van der Waals surface area contributed by atoms with Crippen LogP contribution in [0, 0.1) is 0 Å². The summed E-state index contributed by atoms with van der Waals surface area (Å²) in [6.07, 6.45) is 2.12. The van der Waals surface area contributed by atoms with Gasteiger partial charge in [-0.2, -0.15) is 0 Å². The van der Waals surface area contributed by atoms with Crippen molar-refractivity contribution in [2.75, 3.05) is 6.61 Å². The summed E-state index contributed by atoms with van der Waals surface area (Å²) in [5.41, 5.74) is 1.47. The average Bonchev–Trinajstić information content (AvgIpc) is 3.07. The highest BCUT2D eigenvalue weighted by Crippen LogP contribution is 2.31. The van der Waals surface area contributed by atoms with Gasteiger partial charge in [-0.3, -0.25) is 14.2 Å². The molecule has 0 radical (unpaired) electrons. The summed E-state index contributed by atoms with van der Waals surface area (Å²) in [7, 11) is 0. The molecule has 0 atom stereocenters. The van der Waals surface area contributed by atoms with Crippen molar-refractivity contribution in [2.24, 2.45) is 0 Å². The molecule has 0 fully saturated rings. The predicted molar refractivity (Wildman–Crippen MR) is 106 cm³/mol. The maximum absolute atomic E-state index is 12.9. The van der Waals surface area contributed by atoms with Crippen molar-refractivity contribution in [3.8, 4) is 16.9 Å². The maximum Gasteiger partial charge on any atom is 0.326 e. The van der Waals surface area contributed by atoms with E-state index in [2.05, 4.69) is 11.9 Å². The summed E-state index contributed by atoms with van der Waals surface area (Å²) in [5.74, 6) is 0.342. The zero-order valence-electron chi connectivity index (χ0n) is 15.6. The first-order valence-corrected chi connectivity index (χ1v) is 9.77. The van der Waals surface area contributed by atoms with Crippen LogP contribution in [0.3, 0.4) is 0 Å². The van der Waals surface area contributed by atoms with E-state index in [0.717, 1.165) is 23.3 Å². The second kappa shape index (κ2) is 8.35. The van der Waals surface area contributed by atoms with Crippen LogP contribution < -0.4 is 10.3 Å². The van der Waals surface area contributed by atoms with Crippen molar-refractivity contribution in [1.82, 2.24) is 9.55 Å². The Morgan fingerprint density at radius 1 is 1.26 bits per heavy atom. The topological polar surface area (TPSA) is 70.4 Å². The number of ether oxygens (including phenoxy) is 2. The maximum atomic E-state index is 12.9. The SMILES string of the molecule is CCCOc1ccc(-c2csc3ncn(CC(=O)OC(C)C)c(=O)c23)cc1. The van der Waals surface area contributed by atoms with Gasteiger partial charge < -0.3 is 9.47 Å². The Labute approximate surface area is 161 Å². The predicted octanol–water partition coefficient (Wildman–Crippen LogP) is 3.87. The van der Waals surface area contributed by atoms with E-state index in [1.165, 1.54) is 22.2 Å². The van der Waals surface area contributed by atoms with Crippen LogP contribution in [0.15, 0.2) is 40.8 Å². The summed E-state index contributed by atoms with van der Waals surface area (Å²) < 4.78 is 12.0. The molecule has 0 saturated heterocycles. The van der Waals surface area contributed by atoms with E-state index in [4.69, 9.17) is 9.47 Å². The van der Waals surface area contributed by atoms with Crippen molar-refractivity contribution < 1.29 is 14.3 Å². The van der Waals surface area contributed by atoms with Gasteiger partial charge in [0.25, 0.3) is 5.56 Å².